The number of nitrogens with zero attached hydrogens (tertiary/aromatic N) is 3. The second kappa shape index (κ2) is 7.62. The normalized spacial score (nSPS) is 12.3. The maximum Gasteiger partial charge on any atom is 0.257 e. The second-order valence-electron chi connectivity index (χ2n) is 4.12. The molecule has 0 fully saturated rings. The topological polar surface area (TPSA) is 55.3 Å². The highest BCUT2D eigenvalue weighted by atomic mass is 35.5. The van der Waals surface area contributed by atoms with Gasteiger partial charge in [-0.2, -0.15) is 0 Å². The van der Waals surface area contributed by atoms with Crippen LogP contribution in [0.2, 0.25) is 10.3 Å². The third-order valence-corrected chi connectivity index (χ3v) is 3.33. The minimum Gasteiger partial charge on any atom is -0.383 e. The van der Waals surface area contributed by atoms with E-state index in [4.69, 9.17) is 27.9 Å². The Morgan fingerprint density at radius 1 is 1.47 bits per heavy atom. The van der Waals surface area contributed by atoms with Gasteiger partial charge in [0, 0.05) is 19.7 Å². The predicted octanol–water partition coefficient (Wildman–Crippen LogP) is 2.67. The average Bonchev–Trinajstić information content (AvgIpc) is 2.41. The minimum absolute atomic E-state index is 0.0557. The van der Waals surface area contributed by atoms with Crippen molar-refractivity contribution in [3.63, 3.8) is 0 Å². The SMILES string of the molecule is CCC(C)N(CCOC)C(=O)c1cc(Cl)nnc1Cl. The van der Waals surface area contributed by atoms with Crippen LogP contribution in [0.5, 0.6) is 0 Å². The maximum absolute atomic E-state index is 12.5. The van der Waals surface area contributed by atoms with Gasteiger partial charge < -0.3 is 9.64 Å². The highest BCUT2D eigenvalue weighted by Gasteiger charge is 2.23. The van der Waals surface area contributed by atoms with Gasteiger partial charge in [-0.3, -0.25) is 4.79 Å². The molecule has 0 N–H and O–H groups in total. The molecule has 0 aromatic carbocycles. The van der Waals surface area contributed by atoms with Gasteiger partial charge in [0.15, 0.2) is 10.3 Å². The van der Waals surface area contributed by atoms with E-state index in [2.05, 4.69) is 10.2 Å². The van der Waals surface area contributed by atoms with Crippen molar-refractivity contribution in [3.8, 4) is 0 Å². The zero-order valence-corrected chi connectivity index (χ0v) is 12.7. The molecule has 5 nitrogen and oxygen atoms in total. The van der Waals surface area contributed by atoms with Crippen molar-refractivity contribution in [2.24, 2.45) is 0 Å². The molecule has 0 saturated heterocycles. The van der Waals surface area contributed by atoms with Crippen LogP contribution in [0.1, 0.15) is 30.6 Å². The Kier molecular flexibility index (Phi) is 6.48. The van der Waals surface area contributed by atoms with Crippen LogP contribution in [-0.4, -0.2) is 47.3 Å². The lowest BCUT2D eigenvalue weighted by atomic mass is 10.2. The Morgan fingerprint density at radius 2 is 2.16 bits per heavy atom. The predicted molar refractivity (Wildman–Crippen MR) is 74.7 cm³/mol. The molecule has 0 aliphatic heterocycles. The number of halogens is 2. The van der Waals surface area contributed by atoms with Gasteiger partial charge in [-0.1, -0.05) is 30.1 Å². The first-order valence-electron chi connectivity index (χ1n) is 5.99. The van der Waals surface area contributed by atoms with E-state index in [1.807, 2.05) is 13.8 Å². The smallest absolute Gasteiger partial charge is 0.257 e. The third-order valence-electron chi connectivity index (χ3n) is 2.87. The van der Waals surface area contributed by atoms with Crippen molar-refractivity contribution >= 4 is 29.1 Å². The summed E-state index contributed by atoms with van der Waals surface area (Å²) >= 11 is 11.7. The molecule has 0 aliphatic carbocycles. The summed E-state index contributed by atoms with van der Waals surface area (Å²) in [6.45, 7) is 4.93. The average molecular weight is 306 g/mol. The number of carbonyl (C=O) groups is 1. The molecule has 0 radical (unpaired) electrons. The van der Waals surface area contributed by atoms with E-state index in [9.17, 15) is 4.79 Å². The minimum atomic E-state index is -0.215. The molecule has 1 heterocycles. The summed E-state index contributed by atoms with van der Waals surface area (Å²) in [5, 5.41) is 7.45. The largest absolute Gasteiger partial charge is 0.383 e. The number of hydrogen-bond donors (Lipinski definition) is 0. The summed E-state index contributed by atoms with van der Waals surface area (Å²) in [7, 11) is 1.59. The number of methoxy groups -OCH3 is 1. The maximum atomic E-state index is 12.5. The number of carbonyl (C=O) groups excluding carboxylic acids is 1. The fraction of sp³-hybridized carbons (Fsp3) is 0.583. The van der Waals surface area contributed by atoms with Crippen LogP contribution in [-0.2, 0) is 4.74 Å². The summed E-state index contributed by atoms with van der Waals surface area (Å²) in [6, 6.07) is 1.51. The third kappa shape index (κ3) is 4.30. The lowest BCUT2D eigenvalue weighted by molar-refractivity contribution is 0.0613. The molecule has 0 saturated carbocycles. The quantitative estimate of drug-likeness (QED) is 0.811. The van der Waals surface area contributed by atoms with E-state index >= 15 is 0 Å². The number of hydrogen-bond acceptors (Lipinski definition) is 4. The number of amides is 1. The lowest BCUT2D eigenvalue weighted by Crippen LogP contribution is -2.40. The van der Waals surface area contributed by atoms with Gasteiger partial charge >= 0.3 is 0 Å². The van der Waals surface area contributed by atoms with Crippen molar-refractivity contribution in [1.82, 2.24) is 15.1 Å². The standard InChI is InChI=1S/C12H17Cl2N3O2/c1-4-8(2)17(5-6-19-3)12(18)9-7-10(13)15-16-11(9)14/h7-8H,4-6H2,1-3H3. The highest BCUT2D eigenvalue weighted by Crippen LogP contribution is 2.19. The summed E-state index contributed by atoms with van der Waals surface area (Å²) in [5.74, 6) is -0.215. The lowest BCUT2D eigenvalue weighted by Gasteiger charge is -2.28. The van der Waals surface area contributed by atoms with E-state index in [1.54, 1.807) is 12.0 Å². The zero-order valence-electron chi connectivity index (χ0n) is 11.2. The summed E-state index contributed by atoms with van der Waals surface area (Å²) < 4.78 is 5.03. The number of ether oxygens (including phenoxy) is 1. The van der Waals surface area contributed by atoms with Crippen molar-refractivity contribution in [3.05, 3.63) is 21.9 Å². The van der Waals surface area contributed by atoms with Gasteiger partial charge in [-0.15, -0.1) is 10.2 Å². The summed E-state index contributed by atoms with van der Waals surface area (Å²) in [6.07, 6.45) is 0.833. The fourth-order valence-corrected chi connectivity index (χ4v) is 1.91. The first-order chi connectivity index (χ1) is 9.01. The van der Waals surface area contributed by atoms with E-state index in [0.29, 0.717) is 13.2 Å². The molecular formula is C12H17Cl2N3O2. The molecule has 1 aromatic heterocycles. The molecule has 7 heteroatoms. The molecule has 1 unspecified atom stereocenters. The van der Waals surface area contributed by atoms with Crippen LogP contribution < -0.4 is 0 Å². The van der Waals surface area contributed by atoms with Crippen LogP contribution in [0.4, 0.5) is 0 Å². The summed E-state index contributed by atoms with van der Waals surface area (Å²) in [4.78, 5) is 14.2. The second-order valence-corrected chi connectivity index (χ2v) is 4.87. The first-order valence-corrected chi connectivity index (χ1v) is 6.75. The van der Waals surface area contributed by atoms with Gasteiger partial charge in [0.2, 0.25) is 0 Å². The van der Waals surface area contributed by atoms with Gasteiger partial charge in [0.1, 0.15) is 0 Å². The molecule has 1 rings (SSSR count). The van der Waals surface area contributed by atoms with Crippen molar-refractivity contribution in [2.45, 2.75) is 26.3 Å². The van der Waals surface area contributed by atoms with Gasteiger partial charge in [-0.05, 0) is 19.4 Å². The van der Waals surface area contributed by atoms with Crippen molar-refractivity contribution in [2.75, 3.05) is 20.3 Å². The van der Waals surface area contributed by atoms with Gasteiger partial charge in [0.05, 0.1) is 12.2 Å². The molecule has 1 aromatic rings. The van der Waals surface area contributed by atoms with Crippen LogP contribution >= 0.6 is 23.2 Å². The number of aromatic nitrogens is 2. The molecule has 1 atom stereocenters. The molecular weight excluding hydrogens is 289 g/mol. The van der Waals surface area contributed by atoms with E-state index in [0.717, 1.165) is 6.42 Å². The zero-order chi connectivity index (χ0) is 14.4. The van der Waals surface area contributed by atoms with Crippen molar-refractivity contribution in [1.29, 1.82) is 0 Å². The molecule has 19 heavy (non-hydrogen) atoms. The van der Waals surface area contributed by atoms with Gasteiger partial charge in [0.25, 0.3) is 5.91 Å². The Labute approximate surface area is 122 Å². The fourth-order valence-electron chi connectivity index (χ4n) is 1.59. The van der Waals surface area contributed by atoms with E-state index < -0.39 is 0 Å². The molecule has 106 valence electrons. The van der Waals surface area contributed by atoms with Gasteiger partial charge in [-0.25, -0.2) is 0 Å². The summed E-state index contributed by atoms with van der Waals surface area (Å²) in [5.41, 5.74) is 0.262. The monoisotopic (exact) mass is 305 g/mol. The Morgan fingerprint density at radius 3 is 2.74 bits per heavy atom. The van der Waals surface area contributed by atoms with E-state index in [-0.39, 0.29) is 27.8 Å². The van der Waals surface area contributed by atoms with Crippen molar-refractivity contribution < 1.29 is 9.53 Å². The molecule has 0 aliphatic rings. The molecule has 0 spiro atoms. The van der Waals surface area contributed by atoms with Crippen LogP contribution in [0.3, 0.4) is 0 Å². The van der Waals surface area contributed by atoms with E-state index in [1.165, 1.54) is 6.07 Å². The van der Waals surface area contributed by atoms with Crippen LogP contribution in [0.15, 0.2) is 6.07 Å². The van der Waals surface area contributed by atoms with Crippen LogP contribution in [0, 0.1) is 0 Å². The Bertz CT molecular complexity index is 443. The molecule has 1 amide bonds. The first kappa shape index (κ1) is 16.1. The van der Waals surface area contributed by atoms with Crippen LogP contribution in [0.25, 0.3) is 0 Å². The Hall–Kier alpha value is -0.910. The molecule has 0 bridgehead atoms. The Balaban J connectivity index is 3.00. The number of rotatable bonds is 6. The highest BCUT2D eigenvalue weighted by molar-refractivity contribution is 6.34.